The first kappa shape index (κ1) is 18.0. The lowest BCUT2D eigenvalue weighted by Gasteiger charge is -2.37. The topological polar surface area (TPSA) is 68.4 Å². The summed E-state index contributed by atoms with van der Waals surface area (Å²) in [5.74, 6) is 0.282. The van der Waals surface area contributed by atoms with Crippen molar-refractivity contribution in [3.05, 3.63) is 35.5 Å². The molecular weight excluding hydrogens is 340 g/mol. The molecule has 6 nitrogen and oxygen atoms in total. The average Bonchev–Trinajstić information content (AvgIpc) is 3.44. The van der Waals surface area contributed by atoms with Gasteiger partial charge in [-0.1, -0.05) is 18.2 Å². The molecule has 1 unspecified atom stereocenters. The van der Waals surface area contributed by atoms with Gasteiger partial charge in [-0.15, -0.1) is 0 Å². The Morgan fingerprint density at radius 3 is 2.59 bits per heavy atom. The van der Waals surface area contributed by atoms with Crippen molar-refractivity contribution in [2.75, 3.05) is 26.2 Å². The summed E-state index contributed by atoms with van der Waals surface area (Å²) in [4.78, 5) is 32.6. The highest BCUT2D eigenvalue weighted by molar-refractivity contribution is 5.90. The molecule has 1 saturated carbocycles. The lowest BCUT2D eigenvalue weighted by Crippen LogP contribution is -2.55. The molecule has 0 spiro atoms. The van der Waals surface area contributed by atoms with Crippen molar-refractivity contribution in [1.29, 1.82) is 0 Å². The number of benzene rings is 1. The van der Waals surface area contributed by atoms with E-state index in [1.54, 1.807) is 0 Å². The van der Waals surface area contributed by atoms with Crippen molar-refractivity contribution in [2.45, 2.75) is 45.2 Å². The summed E-state index contributed by atoms with van der Waals surface area (Å²) in [5, 5.41) is 4.21. The predicted octanol–water partition coefficient (Wildman–Crippen LogP) is 1.83. The third-order valence-electron chi connectivity index (χ3n) is 5.87. The maximum Gasteiger partial charge on any atom is 0.237 e. The van der Waals surface area contributed by atoms with Crippen molar-refractivity contribution in [1.82, 2.24) is 20.1 Å². The van der Waals surface area contributed by atoms with Crippen molar-refractivity contribution in [3.8, 4) is 0 Å². The molecule has 1 aliphatic carbocycles. The molecule has 1 aromatic carbocycles. The fourth-order valence-electron chi connectivity index (χ4n) is 3.90. The van der Waals surface area contributed by atoms with Crippen LogP contribution in [0.1, 0.15) is 31.0 Å². The number of aromatic nitrogens is 1. The number of hydrogen-bond acceptors (Lipinski definition) is 3. The van der Waals surface area contributed by atoms with Crippen LogP contribution in [0.25, 0.3) is 10.9 Å². The standard InChI is InChI=1S/C21H28N4O2/c1-14-18(17-5-3-4-6-19(17)22-14)13-20(26)25-11-9-24(10-12-25)15(2)21(27)23-16-7-8-16/h3-6,15-16,22H,7-13H2,1-2H3,(H,23,27). The summed E-state index contributed by atoms with van der Waals surface area (Å²) >= 11 is 0. The lowest BCUT2D eigenvalue weighted by molar-refractivity contribution is -0.133. The SMILES string of the molecule is Cc1[nH]c2ccccc2c1CC(=O)N1CCN(C(C)C(=O)NC2CC2)CC1. The molecule has 2 N–H and O–H groups in total. The molecule has 2 amide bonds. The Hall–Kier alpha value is -2.34. The predicted molar refractivity (Wildman–Crippen MR) is 106 cm³/mol. The minimum Gasteiger partial charge on any atom is -0.358 e. The number of H-pyrrole nitrogens is 1. The van der Waals surface area contributed by atoms with Crippen LogP contribution in [0, 0.1) is 6.92 Å². The van der Waals surface area contributed by atoms with Crippen LogP contribution >= 0.6 is 0 Å². The molecule has 1 saturated heterocycles. The molecule has 4 rings (SSSR count). The third kappa shape index (κ3) is 3.86. The number of carbonyl (C=O) groups is 2. The summed E-state index contributed by atoms with van der Waals surface area (Å²) in [6.45, 7) is 6.85. The van der Waals surface area contributed by atoms with Crippen LogP contribution in [0.5, 0.6) is 0 Å². The lowest BCUT2D eigenvalue weighted by atomic mass is 10.1. The minimum atomic E-state index is -0.126. The number of nitrogens with one attached hydrogen (secondary N) is 2. The van der Waals surface area contributed by atoms with Gasteiger partial charge < -0.3 is 15.2 Å². The zero-order valence-corrected chi connectivity index (χ0v) is 16.1. The van der Waals surface area contributed by atoms with Gasteiger partial charge in [0, 0.05) is 48.8 Å². The van der Waals surface area contributed by atoms with Gasteiger partial charge in [0.15, 0.2) is 0 Å². The molecule has 2 aliphatic rings. The molecular formula is C21H28N4O2. The van der Waals surface area contributed by atoms with E-state index in [0.29, 0.717) is 25.6 Å². The van der Waals surface area contributed by atoms with Gasteiger partial charge in [0.1, 0.15) is 0 Å². The monoisotopic (exact) mass is 368 g/mol. The Labute approximate surface area is 159 Å². The number of aromatic amines is 1. The van der Waals surface area contributed by atoms with Crippen LogP contribution in [0.3, 0.4) is 0 Å². The smallest absolute Gasteiger partial charge is 0.237 e. The van der Waals surface area contributed by atoms with Crippen molar-refractivity contribution in [2.24, 2.45) is 0 Å². The van der Waals surface area contributed by atoms with E-state index in [-0.39, 0.29) is 17.9 Å². The number of amides is 2. The normalized spacial score (nSPS) is 19.3. The van der Waals surface area contributed by atoms with Gasteiger partial charge in [-0.2, -0.15) is 0 Å². The Morgan fingerprint density at radius 1 is 1.19 bits per heavy atom. The van der Waals surface area contributed by atoms with E-state index < -0.39 is 0 Å². The molecule has 2 heterocycles. The number of nitrogens with zero attached hydrogens (tertiary/aromatic N) is 2. The summed E-state index contributed by atoms with van der Waals surface area (Å²) < 4.78 is 0. The number of hydrogen-bond donors (Lipinski definition) is 2. The number of para-hydroxylation sites is 1. The van der Waals surface area contributed by atoms with Crippen LogP contribution < -0.4 is 5.32 Å². The molecule has 2 fully saturated rings. The third-order valence-corrected chi connectivity index (χ3v) is 5.87. The van der Waals surface area contributed by atoms with Crippen molar-refractivity contribution < 1.29 is 9.59 Å². The molecule has 0 bridgehead atoms. The van der Waals surface area contributed by atoms with E-state index in [2.05, 4.69) is 21.3 Å². The van der Waals surface area contributed by atoms with E-state index in [9.17, 15) is 9.59 Å². The molecule has 144 valence electrons. The molecule has 2 aromatic rings. The number of carbonyl (C=O) groups excluding carboxylic acids is 2. The van der Waals surface area contributed by atoms with Crippen LogP contribution in [0.4, 0.5) is 0 Å². The molecule has 1 aromatic heterocycles. The zero-order chi connectivity index (χ0) is 19.0. The first-order valence-electron chi connectivity index (χ1n) is 9.91. The van der Waals surface area contributed by atoms with Crippen LogP contribution in [0.15, 0.2) is 24.3 Å². The Kier molecular flexibility index (Phi) is 4.91. The maximum absolute atomic E-state index is 12.8. The first-order valence-corrected chi connectivity index (χ1v) is 9.91. The van der Waals surface area contributed by atoms with E-state index in [0.717, 1.165) is 48.1 Å². The van der Waals surface area contributed by atoms with Crippen LogP contribution in [-0.2, 0) is 16.0 Å². The number of piperazine rings is 1. The highest BCUT2D eigenvalue weighted by atomic mass is 16.2. The molecule has 1 aliphatic heterocycles. The minimum absolute atomic E-state index is 0.117. The van der Waals surface area contributed by atoms with Crippen molar-refractivity contribution >= 4 is 22.7 Å². The largest absolute Gasteiger partial charge is 0.358 e. The Morgan fingerprint density at radius 2 is 1.89 bits per heavy atom. The molecule has 6 heteroatoms. The Balaban J connectivity index is 1.34. The van der Waals surface area contributed by atoms with Gasteiger partial charge in [0.25, 0.3) is 0 Å². The highest BCUT2D eigenvalue weighted by Crippen LogP contribution is 2.23. The van der Waals surface area contributed by atoms with Crippen molar-refractivity contribution in [3.63, 3.8) is 0 Å². The second-order valence-corrected chi connectivity index (χ2v) is 7.83. The van der Waals surface area contributed by atoms with Gasteiger partial charge in [0.05, 0.1) is 12.5 Å². The summed E-state index contributed by atoms with van der Waals surface area (Å²) in [5.41, 5.74) is 3.24. The quantitative estimate of drug-likeness (QED) is 0.846. The molecule has 0 radical (unpaired) electrons. The average molecular weight is 368 g/mol. The Bertz CT molecular complexity index is 847. The first-order chi connectivity index (χ1) is 13.0. The number of aryl methyl sites for hydroxylation is 1. The fourth-order valence-corrected chi connectivity index (χ4v) is 3.90. The van der Waals surface area contributed by atoms with Crippen LogP contribution in [0.2, 0.25) is 0 Å². The highest BCUT2D eigenvalue weighted by Gasteiger charge is 2.31. The second-order valence-electron chi connectivity index (χ2n) is 7.83. The van der Waals surface area contributed by atoms with E-state index in [4.69, 9.17) is 0 Å². The number of fused-ring (bicyclic) bond motifs is 1. The second kappa shape index (κ2) is 7.35. The van der Waals surface area contributed by atoms with Gasteiger partial charge >= 0.3 is 0 Å². The fraction of sp³-hybridized carbons (Fsp3) is 0.524. The van der Waals surface area contributed by atoms with Gasteiger partial charge in [-0.25, -0.2) is 0 Å². The van der Waals surface area contributed by atoms with E-state index >= 15 is 0 Å². The van der Waals surface area contributed by atoms with Gasteiger partial charge in [-0.3, -0.25) is 14.5 Å². The van der Waals surface area contributed by atoms with E-state index in [1.165, 1.54) is 0 Å². The summed E-state index contributed by atoms with van der Waals surface area (Å²) in [7, 11) is 0. The summed E-state index contributed by atoms with van der Waals surface area (Å²) in [6, 6.07) is 8.39. The zero-order valence-electron chi connectivity index (χ0n) is 16.1. The molecule has 27 heavy (non-hydrogen) atoms. The van der Waals surface area contributed by atoms with Gasteiger partial charge in [0.2, 0.25) is 11.8 Å². The maximum atomic E-state index is 12.8. The molecule has 1 atom stereocenters. The van der Waals surface area contributed by atoms with Gasteiger partial charge in [-0.05, 0) is 38.3 Å². The van der Waals surface area contributed by atoms with Crippen LogP contribution in [-0.4, -0.2) is 64.9 Å². The van der Waals surface area contributed by atoms with E-state index in [1.807, 2.05) is 36.9 Å². The summed E-state index contributed by atoms with van der Waals surface area (Å²) in [6.07, 6.45) is 2.63. The number of rotatable bonds is 5.